The van der Waals surface area contributed by atoms with E-state index in [1.54, 1.807) is 6.20 Å². The predicted octanol–water partition coefficient (Wildman–Crippen LogP) is 3.32. The Bertz CT molecular complexity index is 740. The molecule has 1 N–H and O–H groups in total. The molecule has 1 fully saturated rings. The fourth-order valence-electron chi connectivity index (χ4n) is 3.84. The first-order valence-electron chi connectivity index (χ1n) is 10.1. The summed E-state index contributed by atoms with van der Waals surface area (Å²) in [6, 6.07) is 12.4. The van der Waals surface area contributed by atoms with Gasteiger partial charge < -0.3 is 10.1 Å². The average molecular weight is 382 g/mol. The Balaban J connectivity index is 1.73. The highest BCUT2D eigenvalue weighted by atomic mass is 16.5. The van der Waals surface area contributed by atoms with Gasteiger partial charge in [-0.05, 0) is 30.0 Å². The van der Waals surface area contributed by atoms with E-state index in [1.807, 2.05) is 12.3 Å². The molecule has 0 radical (unpaired) electrons. The molecule has 1 aliphatic rings. The molecule has 150 valence electrons. The molecule has 5 heteroatoms. The monoisotopic (exact) mass is 381 g/mol. The number of amides is 1. The smallest absolute Gasteiger partial charge is 0.227 e. The fourth-order valence-corrected chi connectivity index (χ4v) is 3.84. The van der Waals surface area contributed by atoms with Crippen LogP contribution in [0.15, 0.2) is 48.8 Å². The molecule has 28 heavy (non-hydrogen) atoms. The van der Waals surface area contributed by atoms with Crippen molar-refractivity contribution in [2.45, 2.75) is 32.7 Å². The summed E-state index contributed by atoms with van der Waals surface area (Å²) in [6.45, 7) is 10.0. The van der Waals surface area contributed by atoms with Gasteiger partial charge in [-0.25, -0.2) is 0 Å². The van der Waals surface area contributed by atoms with E-state index in [1.165, 1.54) is 5.56 Å². The van der Waals surface area contributed by atoms with E-state index < -0.39 is 0 Å². The van der Waals surface area contributed by atoms with E-state index in [0.717, 1.165) is 37.4 Å². The minimum absolute atomic E-state index is 0.0843. The van der Waals surface area contributed by atoms with Crippen LogP contribution in [0.1, 0.15) is 42.5 Å². The number of morpholine rings is 1. The third kappa shape index (κ3) is 5.18. The van der Waals surface area contributed by atoms with Crippen molar-refractivity contribution in [3.05, 3.63) is 65.5 Å². The summed E-state index contributed by atoms with van der Waals surface area (Å²) in [5.74, 6) is 0.156. The molecule has 0 saturated carbocycles. The summed E-state index contributed by atoms with van der Waals surface area (Å²) >= 11 is 0. The van der Waals surface area contributed by atoms with E-state index in [2.05, 4.69) is 66.3 Å². The zero-order chi connectivity index (χ0) is 19.9. The van der Waals surface area contributed by atoms with E-state index in [4.69, 9.17) is 4.74 Å². The van der Waals surface area contributed by atoms with E-state index in [-0.39, 0.29) is 23.8 Å². The lowest BCUT2D eigenvalue weighted by atomic mass is 9.87. The lowest BCUT2D eigenvalue weighted by molar-refractivity contribution is -0.123. The minimum Gasteiger partial charge on any atom is -0.379 e. The Morgan fingerprint density at radius 1 is 1.14 bits per heavy atom. The first-order chi connectivity index (χ1) is 13.6. The van der Waals surface area contributed by atoms with Gasteiger partial charge in [0.25, 0.3) is 0 Å². The maximum Gasteiger partial charge on any atom is 0.227 e. The highest BCUT2D eigenvalue weighted by molar-refractivity contribution is 5.84. The van der Waals surface area contributed by atoms with Gasteiger partial charge in [0.05, 0.1) is 25.2 Å². The molecule has 0 aliphatic carbocycles. The van der Waals surface area contributed by atoms with Crippen molar-refractivity contribution >= 4 is 5.91 Å². The molecule has 3 rings (SSSR count). The number of hydrogen-bond donors (Lipinski definition) is 1. The second kappa shape index (κ2) is 9.80. The van der Waals surface area contributed by atoms with Crippen molar-refractivity contribution in [1.29, 1.82) is 0 Å². The summed E-state index contributed by atoms with van der Waals surface area (Å²) in [5, 5.41) is 3.22. The van der Waals surface area contributed by atoms with Crippen LogP contribution in [0.2, 0.25) is 0 Å². The topological polar surface area (TPSA) is 54.5 Å². The summed E-state index contributed by atoms with van der Waals surface area (Å²) in [4.78, 5) is 19.8. The molecule has 1 amide bonds. The van der Waals surface area contributed by atoms with Gasteiger partial charge in [-0.2, -0.15) is 0 Å². The standard InChI is InChI=1S/C23H31N3O2/c1-17(2)22(19-8-6-18(3)7-9-19)23(27)25-16-21(20-5-4-10-24-15-20)26-11-13-28-14-12-26/h4-10,15,17,21-22H,11-14,16H2,1-3H3,(H,25,27). The summed E-state index contributed by atoms with van der Waals surface area (Å²) < 4.78 is 5.50. The van der Waals surface area contributed by atoms with Crippen molar-refractivity contribution in [1.82, 2.24) is 15.2 Å². The number of pyridine rings is 1. The van der Waals surface area contributed by atoms with Crippen molar-refractivity contribution in [3.8, 4) is 0 Å². The number of rotatable bonds is 7. The SMILES string of the molecule is Cc1ccc(C(C(=O)NCC(c2cccnc2)N2CCOCC2)C(C)C)cc1. The van der Waals surface area contributed by atoms with Gasteiger partial charge >= 0.3 is 0 Å². The van der Waals surface area contributed by atoms with Crippen molar-refractivity contribution in [2.24, 2.45) is 5.92 Å². The molecule has 1 saturated heterocycles. The van der Waals surface area contributed by atoms with Crippen LogP contribution in [0.5, 0.6) is 0 Å². The number of carbonyl (C=O) groups is 1. The zero-order valence-corrected chi connectivity index (χ0v) is 17.1. The Morgan fingerprint density at radius 3 is 2.46 bits per heavy atom. The lowest BCUT2D eigenvalue weighted by Crippen LogP contribution is -2.44. The summed E-state index contributed by atoms with van der Waals surface area (Å²) in [6.07, 6.45) is 3.68. The first-order valence-corrected chi connectivity index (χ1v) is 10.1. The van der Waals surface area contributed by atoms with E-state index >= 15 is 0 Å². The molecule has 5 nitrogen and oxygen atoms in total. The molecule has 0 bridgehead atoms. The van der Waals surface area contributed by atoms with Gasteiger partial charge in [-0.1, -0.05) is 49.7 Å². The second-order valence-electron chi connectivity index (χ2n) is 7.83. The maximum atomic E-state index is 13.1. The maximum absolute atomic E-state index is 13.1. The average Bonchev–Trinajstić information content (AvgIpc) is 2.71. The van der Waals surface area contributed by atoms with Gasteiger partial charge in [0, 0.05) is 32.0 Å². The van der Waals surface area contributed by atoms with Gasteiger partial charge in [0.15, 0.2) is 0 Å². The number of ether oxygens (including phenoxy) is 1. The van der Waals surface area contributed by atoms with Gasteiger partial charge in [0.1, 0.15) is 0 Å². The molecule has 0 spiro atoms. The van der Waals surface area contributed by atoms with E-state index in [9.17, 15) is 4.79 Å². The van der Waals surface area contributed by atoms with Crippen LogP contribution in [0.25, 0.3) is 0 Å². The number of aromatic nitrogens is 1. The number of nitrogens with zero attached hydrogens (tertiary/aromatic N) is 2. The highest BCUT2D eigenvalue weighted by Gasteiger charge is 2.27. The number of nitrogens with one attached hydrogen (secondary N) is 1. The van der Waals surface area contributed by atoms with Crippen molar-refractivity contribution in [3.63, 3.8) is 0 Å². The molecule has 1 aromatic carbocycles. The van der Waals surface area contributed by atoms with Crippen molar-refractivity contribution in [2.75, 3.05) is 32.8 Å². The Kier molecular flexibility index (Phi) is 7.18. The third-order valence-corrected chi connectivity index (χ3v) is 5.41. The number of hydrogen-bond acceptors (Lipinski definition) is 4. The first kappa shape index (κ1) is 20.5. The molecule has 1 aliphatic heterocycles. The van der Waals surface area contributed by atoms with E-state index in [0.29, 0.717) is 6.54 Å². The fraction of sp³-hybridized carbons (Fsp3) is 0.478. The zero-order valence-electron chi connectivity index (χ0n) is 17.1. The van der Waals surface area contributed by atoms with Crippen LogP contribution in [0.4, 0.5) is 0 Å². The van der Waals surface area contributed by atoms with Crippen LogP contribution >= 0.6 is 0 Å². The highest BCUT2D eigenvalue weighted by Crippen LogP contribution is 2.26. The van der Waals surface area contributed by atoms with Gasteiger partial charge in [-0.3, -0.25) is 14.7 Å². The number of benzene rings is 1. The second-order valence-corrected chi connectivity index (χ2v) is 7.83. The van der Waals surface area contributed by atoms with Gasteiger partial charge in [0.2, 0.25) is 5.91 Å². The number of aryl methyl sites for hydroxylation is 1. The lowest BCUT2D eigenvalue weighted by Gasteiger charge is -2.35. The minimum atomic E-state index is -0.153. The Hall–Kier alpha value is -2.24. The van der Waals surface area contributed by atoms with Crippen LogP contribution < -0.4 is 5.32 Å². The van der Waals surface area contributed by atoms with Crippen LogP contribution in [0.3, 0.4) is 0 Å². The Labute approximate surface area is 168 Å². The van der Waals surface area contributed by atoms with Crippen molar-refractivity contribution < 1.29 is 9.53 Å². The van der Waals surface area contributed by atoms with Crippen LogP contribution in [0, 0.1) is 12.8 Å². The predicted molar refractivity (Wildman–Crippen MR) is 111 cm³/mol. The molecule has 2 unspecified atom stereocenters. The quantitative estimate of drug-likeness (QED) is 0.799. The third-order valence-electron chi connectivity index (χ3n) is 5.41. The Morgan fingerprint density at radius 2 is 1.86 bits per heavy atom. The molecule has 1 aromatic heterocycles. The molecular weight excluding hydrogens is 350 g/mol. The summed E-state index contributed by atoms with van der Waals surface area (Å²) in [5.41, 5.74) is 3.40. The molecule has 2 aromatic rings. The summed E-state index contributed by atoms with van der Waals surface area (Å²) in [7, 11) is 0. The van der Waals surface area contributed by atoms with Crippen LogP contribution in [-0.2, 0) is 9.53 Å². The van der Waals surface area contributed by atoms with Gasteiger partial charge in [-0.15, -0.1) is 0 Å². The largest absolute Gasteiger partial charge is 0.379 e. The normalized spacial score (nSPS) is 17.3. The molecule has 2 heterocycles. The molecular formula is C23H31N3O2. The molecule has 2 atom stereocenters. The van der Waals surface area contributed by atoms with Crippen LogP contribution in [-0.4, -0.2) is 48.6 Å². The number of carbonyl (C=O) groups excluding carboxylic acids is 1.